The molecule has 5 rings (SSSR count). The van der Waals surface area contributed by atoms with Crippen molar-refractivity contribution < 1.29 is 19.4 Å². The molecule has 3 aromatic carbocycles. The minimum Gasteiger partial charge on any atom is -0.507 e. The van der Waals surface area contributed by atoms with Gasteiger partial charge in [0, 0.05) is 5.56 Å². The molecule has 1 unspecified atom stereocenters. The molecule has 0 aliphatic carbocycles. The van der Waals surface area contributed by atoms with E-state index in [1.54, 1.807) is 54.6 Å². The quantitative estimate of drug-likeness (QED) is 0.163. The number of hydrogen-bond acceptors (Lipinski definition) is 6. The lowest BCUT2D eigenvalue weighted by molar-refractivity contribution is -0.132. The van der Waals surface area contributed by atoms with Crippen LogP contribution < -0.4 is 9.64 Å². The van der Waals surface area contributed by atoms with Gasteiger partial charge in [-0.2, -0.15) is 0 Å². The minimum atomic E-state index is -0.871. The summed E-state index contributed by atoms with van der Waals surface area (Å²) in [4.78, 5) is 32.8. The fraction of sp³-hybridized carbons (Fsp3) is 0.107. The summed E-state index contributed by atoms with van der Waals surface area (Å²) in [5.41, 5.74) is 2.90. The maximum absolute atomic E-state index is 13.4. The Kier molecular flexibility index (Phi) is 5.93. The Balaban J connectivity index is 1.71. The van der Waals surface area contributed by atoms with Crippen LogP contribution in [0.5, 0.6) is 5.75 Å². The van der Waals surface area contributed by atoms with Crippen LogP contribution in [-0.4, -0.2) is 28.4 Å². The van der Waals surface area contributed by atoms with Crippen LogP contribution in [0.4, 0.5) is 5.13 Å². The average Bonchev–Trinajstić information content (AvgIpc) is 3.40. The summed E-state index contributed by atoms with van der Waals surface area (Å²) >= 11 is 1.33. The molecule has 1 aliphatic heterocycles. The molecule has 6 nitrogen and oxygen atoms in total. The molecule has 0 spiro atoms. The summed E-state index contributed by atoms with van der Waals surface area (Å²) in [5.74, 6) is -1.16. The number of thiazole rings is 1. The van der Waals surface area contributed by atoms with E-state index in [0.717, 1.165) is 15.8 Å². The van der Waals surface area contributed by atoms with Gasteiger partial charge in [-0.15, -0.1) is 0 Å². The van der Waals surface area contributed by atoms with Crippen LogP contribution in [0, 0.1) is 6.92 Å². The monoisotopic (exact) mass is 482 g/mol. The van der Waals surface area contributed by atoms with Gasteiger partial charge in [-0.25, -0.2) is 4.98 Å². The fourth-order valence-corrected chi connectivity index (χ4v) is 5.24. The normalized spacial score (nSPS) is 17.2. The lowest BCUT2D eigenvalue weighted by Crippen LogP contribution is -2.29. The zero-order valence-electron chi connectivity index (χ0n) is 19.0. The van der Waals surface area contributed by atoms with E-state index in [4.69, 9.17) is 4.74 Å². The Morgan fingerprint density at radius 3 is 2.69 bits per heavy atom. The topological polar surface area (TPSA) is 79.7 Å². The zero-order valence-corrected chi connectivity index (χ0v) is 19.8. The number of aliphatic hydroxyl groups excluding tert-OH is 1. The van der Waals surface area contributed by atoms with E-state index in [1.165, 1.54) is 16.2 Å². The van der Waals surface area contributed by atoms with E-state index in [9.17, 15) is 14.7 Å². The lowest BCUT2D eigenvalue weighted by Gasteiger charge is -2.23. The van der Waals surface area contributed by atoms with Crippen molar-refractivity contribution in [1.29, 1.82) is 0 Å². The number of ether oxygens (including phenoxy) is 1. The van der Waals surface area contributed by atoms with Gasteiger partial charge in [0.25, 0.3) is 5.78 Å². The number of aromatic nitrogens is 1. The van der Waals surface area contributed by atoms with Gasteiger partial charge in [0.05, 0.1) is 21.8 Å². The smallest absolute Gasteiger partial charge is 0.301 e. The third-order valence-electron chi connectivity index (χ3n) is 5.77. The molecule has 1 N–H and O–H groups in total. The summed E-state index contributed by atoms with van der Waals surface area (Å²) in [5, 5.41) is 11.6. The standard InChI is InChI=1S/C28H22N2O4S/c1-3-14-34-20-11-7-10-19(16-20)24-23(25(31)18-8-5-4-6-9-18)26(32)27(33)30(24)28-29-21-13-12-17(2)15-22(21)35-28/h3-13,15-16,24,31H,1,14H2,2H3. The van der Waals surface area contributed by atoms with Crippen LogP contribution in [0.3, 0.4) is 0 Å². The Bertz CT molecular complexity index is 1490. The first-order chi connectivity index (χ1) is 17.0. The summed E-state index contributed by atoms with van der Waals surface area (Å²) in [6.45, 7) is 5.97. The predicted octanol–water partition coefficient (Wildman–Crippen LogP) is 5.80. The number of benzene rings is 3. The second kappa shape index (κ2) is 9.19. The molecule has 1 aliphatic rings. The van der Waals surface area contributed by atoms with Crippen molar-refractivity contribution in [2.24, 2.45) is 0 Å². The molecule has 4 aromatic rings. The van der Waals surface area contributed by atoms with E-state index in [1.807, 2.05) is 31.2 Å². The molecule has 0 saturated carbocycles. The number of Topliss-reactive ketones (excluding diaryl/α,β-unsaturated/α-hetero) is 1. The third kappa shape index (κ3) is 4.11. The van der Waals surface area contributed by atoms with Crippen molar-refractivity contribution in [3.63, 3.8) is 0 Å². The third-order valence-corrected chi connectivity index (χ3v) is 6.79. The van der Waals surface area contributed by atoms with Crippen molar-refractivity contribution >= 4 is 44.1 Å². The molecule has 174 valence electrons. The molecule has 1 amide bonds. The van der Waals surface area contributed by atoms with Gasteiger partial charge in [-0.3, -0.25) is 14.5 Å². The van der Waals surface area contributed by atoms with Crippen LogP contribution in [0.2, 0.25) is 0 Å². The number of amides is 1. The number of carbonyl (C=O) groups excluding carboxylic acids is 2. The van der Waals surface area contributed by atoms with E-state index < -0.39 is 17.7 Å². The van der Waals surface area contributed by atoms with Crippen molar-refractivity contribution in [1.82, 2.24) is 4.98 Å². The molecular weight excluding hydrogens is 460 g/mol. The molecule has 0 bridgehead atoms. The molecular formula is C28H22N2O4S. The molecule has 35 heavy (non-hydrogen) atoms. The van der Waals surface area contributed by atoms with Gasteiger partial charge < -0.3 is 9.84 Å². The van der Waals surface area contributed by atoms with Gasteiger partial charge >= 0.3 is 5.91 Å². The Hall–Kier alpha value is -4.23. The van der Waals surface area contributed by atoms with E-state index in [-0.39, 0.29) is 11.3 Å². The number of nitrogens with zero attached hydrogens (tertiary/aromatic N) is 2. The van der Waals surface area contributed by atoms with Gasteiger partial charge in [-0.05, 0) is 42.3 Å². The van der Waals surface area contributed by atoms with Gasteiger partial charge in [0.1, 0.15) is 18.1 Å². The first kappa shape index (κ1) is 22.6. The summed E-state index contributed by atoms with van der Waals surface area (Å²) in [7, 11) is 0. The van der Waals surface area contributed by atoms with Crippen LogP contribution in [0.15, 0.2) is 91.0 Å². The van der Waals surface area contributed by atoms with Crippen LogP contribution in [0.1, 0.15) is 22.7 Å². The Morgan fingerprint density at radius 2 is 1.91 bits per heavy atom. The van der Waals surface area contributed by atoms with Crippen molar-refractivity contribution in [2.75, 3.05) is 11.5 Å². The maximum atomic E-state index is 13.4. The number of carbonyl (C=O) groups is 2. The summed E-state index contributed by atoms with van der Waals surface area (Å²) in [6, 6.07) is 20.9. The number of anilines is 1. The van der Waals surface area contributed by atoms with Crippen LogP contribution >= 0.6 is 11.3 Å². The fourth-order valence-electron chi connectivity index (χ4n) is 4.15. The van der Waals surface area contributed by atoms with Gasteiger partial charge in [0.2, 0.25) is 0 Å². The number of rotatable bonds is 6. The van der Waals surface area contributed by atoms with E-state index in [0.29, 0.717) is 28.6 Å². The van der Waals surface area contributed by atoms with Gasteiger partial charge in [0.15, 0.2) is 5.13 Å². The van der Waals surface area contributed by atoms with Crippen LogP contribution in [0.25, 0.3) is 16.0 Å². The highest BCUT2D eigenvalue weighted by Gasteiger charge is 2.48. The number of fused-ring (bicyclic) bond motifs is 1. The number of aliphatic hydroxyl groups is 1. The predicted molar refractivity (Wildman–Crippen MR) is 138 cm³/mol. The lowest BCUT2D eigenvalue weighted by atomic mass is 9.95. The Labute approximate surface area is 206 Å². The second-order valence-corrected chi connectivity index (χ2v) is 9.18. The molecule has 0 radical (unpaired) electrons. The first-order valence-electron chi connectivity index (χ1n) is 11.0. The highest BCUT2D eigenvalue weighted by molar-refractivity contribution is 7.22. The van der Waals surface area contributed by atoms with E-state index in [2.05, 4.69) is 11.6 Å². The highest BCUT2D eigenvalue weighted by Crippen LogP contribution is 2.44. The average molecular weight is 483 g/mol. The number of hydrogen-bond donors (Lipinski definition) is 1. The SMILES string of the molecule is C=CCOc1cccc(C2C(=C(O)c3ccccc3)C(=O)C(=O)N2c2nc3ccc(C)cc3s2)c1. The highest BCUT2D eigenvalue weighted by atomic mass is 32.1. The number of ketones is 1. The molecule has 1 aromatic heterocycles. The molecule has 1 atom stereocenters. The van der Waals surface area contributed by atoms with E-state index >= 15 is 0 Å². The largest absolute Gasteiger partial charge is 0.507 e. The zero-order chi connectivity index (χ0) is 24.5. The summed E-state index contributed by atoms with van der Waals surface area (Å²) < 4.78 is 6.60. The molecule has 7 heteroatoms. The number of aryl methyl sites for hydroxylation is 1. The maximum Gasteiger partial charge on any atom is 0.301 e. The minimum absolute atomic E-state index is 0.0116. The molecule has 2 heterocycles. The molecule has 1 saturated heterocycles. The second-order valence-electron chi connectivity index (χ2n) is 8.17. The van der Waals surface area contributed by atoms with Crippen molar-refractivity contribution in [3.8, 4) is 5.75 Å². The van der Waals surface area contributed by atoms with Crippen LogP contribution in [-0.2, 0) is 9.59 Å². The van der Waals surface area contributed by atoms with Crippen molar-refractivity contribution in [3.05, 3.63) is 108 Å². The Morgan fingerprint density at radius 1 is 1.11 bits per heavy atom. The first-order valence-corrected chi connectivity index (χ1v) is 11.9. The molecule has 1 fully saturated rings. The van der Waals surface area contributed by atoms with Gasteiger partial charge in [-0.1, -0.05) is 72.5 Å². The van der Waals surface area contributed by atoms with Crippen molar-refractivity contribution in [2.45, 2.75) is 13.0 Å². The summed E-state index contributed by atoms with van der Waals surface area (Å²) in [6.07, 6.45) is 1.64.